The third-order valence-electron chi connectivity index (χ3n) is 5.32. The van der Waals surface area contributed by atoms with Gasteiger partial charge in [-0.1, -0.05) is 38.1 Å². The summed E-state index contributed by atoms with van der Waals surface area (Å²) in [6.07, 6.45) is 0.538. The Morgan fingerprint density at radius 2 is 1.87 bits per heavy atom. The van der Waals surface area contributed by atoms with Crippen LogP contribution < -0.4 is 10.6 Å². The van der Waals surface area contributed by atoms with Crippen LogP contribution >= 0.6 is 0 Å². The molecule has 4 rings (SSSR count). The van der Waals surface area contributed by atoms with Gasteiger partial charge in [-0.15, -0.1) is 0 Å². The predicted octanol–water partition coefficient (Wildman–Crippen LogP) is 3.53. The first-order valence-corrected chi connectivity index (χ1v) is 10.2. The van der Waals surface area contributed by atoms with E-state index in [2.05, 4.69) is 10.6 Å². The number of piperidine rings is 1. The van der Waals surface area contributed by atoms with Crippen LogP contribution in [0.1, 0.15) is 53.7 Å². The molecule has 1 unspecified atom stereocenters. The van der Waals surface area contributed by atoms with Crippen LogP contribution in [0.25, 0.3) is 0 Å². The zero-order chi connectivity index (χ0) is 21.8. The highest BCUT2D eigenvalue weighted by molar-refractivity contribution is 6.06. The lowest BCUT2D eigenvalue weighted by Gasteiger charge is -2.29. The summed E-state index contributed by atoms with van der Waals surface area (Å²) in [6.45, 7) is 6.28. The Bertz CT molecular complexity index is 990. The first-order chi connectivity index (χ1) is 14.5. The van der Waals surface area contributed by atoms with Gasteiger partial charge in [-0.3, -0.25) is 19.7 Å². The van der Waals surface area contributed by atoms with Gasteiger partial charge >= 0.3 is 0 Å². The normalized spacial score (nSPS) is 17.8. The highest BCUT2D eigenvalue weighted by Crippen LogP contribution is 2.32. The average Bonchev–Trinajstić information content (AvgIpc) is 3.08. The molecule has 2 heterocycles. The van der Waals surface area contributed by atoms with E-state index in [4.69, 9.17) is 0 Å². The molecule has 0 aromatic heterocycles. The van der Waals surface area contributed by atoms with Crippen LogP contribution in [-0.2, 0) is 22.7 Å². The van der Waals surface area contributed by atoms with E-state index < -0.39 is 11.9 Å². The minimum absolute atomic E-state index is 0.217. The number of halogens is 1. The van der Waals surface area contributed by atoms with Gasteiger partial charge in [-0.2, -0.15) is 0 Å². The van der Waals surface area contributed by atoms with Crippen LogP contribution in [0, 0.1) is 12.7 Å². The average molecular weight is 411 g/mol. The van der Waals surface area contributed by atoms with Crippen molar-refractivity contribution >= 4 is 23.4 Å². The van der Waals surface area contributed by atoms with Crippen LogP contribution in [0.15, 0.2) is 36.4 Å². The van der Waals surface area contributed by atoms with Gasteiger partial charge in [0.1, 0.15) is 11.9 Å². The number of aryl methyl sites for hydroxylation is 1. The molecule has 158 valence electrons. The largest absolute Gasteiger partial charge is 0.381 e. The molecule has 1 fully saturated rings. The standard InChI is InChI=1S/C21H20FN3O3.C2H6/c1-12-4-2-5-13(19(12)22)10-23-16-7-3-6-14-15(16)11-25(21(14)28)17-8-9-18(26)24-20(17)27;1-2/h2-7,17,23H,8-11H2,1H3,(H,24,26,27);1-2H3. The molecule has 0 aliphatic carbocycles. The molecule has 2 aliphatic heterocycles. The molecule has 3 amide bonds. The third kappa shape index (κ3) is 4.06. The van der Waals surface area contributed by atoms with Crippen molar-refractivity contribution in [1.29, 1.82) is 0 Å². The summed E-state index contributed by atoms with van der Waals surface area (Å²) in [5.41, 5.74) is 3.17. The maximum atomic E-state index is 14.2. The summed E-state index contributed by atoms with van der Waals surface area (Å²) >= 11 is 0. The Balaban J connectivity index is 0.00000124. The van der Waals surface area contributed by atoms with E-state index in [0.717, 1.165) is 11.3 Å². The Labute approximate surface area is 175 Å². The van der Waals surface area contributed by atoms with Crippen LogP contribution in [0.2, 0.25) is 0 Å². The minimum Gasteiger partial charge on any atom is -0.381 e. The smallest absolute Gasteiger partial charge is 0.255 e. The number of anilines is 1. The molecule has 0 radical (unpaired) electrons. The zero-order valence-corrected chi connectivity index (χ0v) is 17.4. The number of carbonyl (C=O) groups is 3. The topological polar surface area (TPSA) is 78.5 Å². The lowest BCUT2D eigenvalue weighted by molar-refractivity contribution is -0.136. The van der Waals surface area contributed by atoms with Crippen molar-refractivity contribution in [3.8, 4) is 0 Å². The summed E-state index contributed by atoms with van der Waals surface area (Å²) < 4.78 is 14.2. The van der Waals surface area contributed by atoms with Crippen molar-refractivity contribution in [2.45, 2.75) is 52.7 Å². The van der Waals surface area contributed by atoms with Crippen molar-refractivity contribution in [1.82, 2.24) is 10.2 Å². The molecule has 1 saturated heterocycles. The fraction of sp³-hybridized carbons (Fsp3) is 0.348. The van der Waals surface area contributed by atoms with Crippen molar-refractivity contribution in [3.05, 3.63) is 64.5 Å². The van der Waals surface area contributed by atoms with E-state index in [0.29, 0.717) is 23.1 Å². The number of hydrogen-bond donors (Lipinski definition) is 2. The molecule has 2 aromatic rings. The molecule has 1 atom stereocenters. The summed E-state index contributed by atoms with van der Waals surface area (Å²) in [4.78, 5) is 37.9. The first-order valence-electron chi connectivity index (χ1n) is 10.2. The molecule has 6 nitrogen and oxygen atoms in total. The van der Waals surface area contributed by atoms with Crippen molar-refractivity contribution in [2.24, 2.45) is 0 Å². The highest BCUT2D eigenvalue weighted by atomic mass is 19.1. The Hall–Kier alpha value is -3.22. The lowest BCUT2D eigenvalue weighted by Crippen LogP contribution is -2.52. The fourth-order valence-electron chi connectivity index (χ4n) is 3.79. The number of fused-ring (bicyclic) bond motifs is 1. The summed E-state index contributed by atoms with van der Waals surface area (Å²) in [6, 6.07) is 9.92. The summed E-state index contributed by atoms with van der Waals surface area (Å²) in [5, 5.41) is 5.52. The molecule has 0 bridgehead atoms. The van der Waals surface area contributed by atoms with E-state index in [1.807, 2.05) is 19.9 Å². The quantitative estimate of drug-likeness (QED) is 0.755. The minimum atomic E-state index is -0.653. The number of rotatable bonds is 4. The lowest BCUT2D eigenvalue weighted by atomic mass is 10.0. The third-order valence-corrected chi connectivity index (χ3v) is 5.32. The molecule has 2 aliphatic rings. The van der Waals surface area contributed by atoms with Crippen molar-refractivity contribution < 1.29 is 18.8 Å². The first kappa shape index (κ1) is 21.5. The number of benzene rings is 2. The maximum Gasteiger partial charge on any atom is 0.255 e. The second-order valence-electron chi connectivity index (χ2n) is 7.13. The van der Waals surface area contributed by atoms with Gasteiger partial charge in [0.25, 0.3) is 5.91 Å². The second kappa shape index (κ2) is 9.07. The Kier molecular flexibility index (Phi) is 6.50. The molecule has 0 saturated carbocycles. The van der Waals surface area contributed by atoms with Crippen LogP contribution in [0.5, 0.6) is 0 Å². The number of amides is 3. The number of hydrogen-bond acceptors (Lipinski definition) is 4. The van der Waals surface area contributed by atoms with Gasteiger partial charge in [0, 0.05) is 41.9 Å². The molecule has 2 aromatic carbocycles. The predicted molar refractivity (Wildman–Crippen MR) is 112 cm³/mol. The Morgan fingerprint density at radius 1 is 1.13 bits per heavy atom. The summed E-state index contributed by atoms with van der Waals surface area (Å²) in [5.74, 6) is -1.22. The number of nitrogens with zero attached hydrogens (tertiary/aromatic N) is 1. The van der Waals surface area contributed by atoms with Gasteiger partial charge < -0.3 is 10.2 Å². The van der Waals surface area contributed by atoms with Gasteiger partial charge in [-0.05, 0) is 31.0 Å². The maximum absolute atomic E-state index is 14.2. The molecule has 7 heteroatoms. The van der Waals surface area contributed by atoms with E-state index in [1.54, 1.807) is 37.3 Å². The van der Waals surface area contributed by atoms with E-state index in [-0.39, 0.29) is 37.1 Å². The number of imide groups is 1. The second-order valence-corrected chi connectivity index (χ2v) is 7.13. The van der Waals surface area contributed by atoms with Crippen molar-refractivity contribution in [2.75, 3.05) is 5.32 Å². The van der Waals surface area contributed by atoms with Crippen molar-refractivity contribution in [3.63, 3.8) is 0 Å². The molecular weight excluding hydrogens is 385 g/mol. The number of carbonyl (C=O) groups excluding carboxylic acids is 3. The van der Waals surface area contributed by atoms with E-state index in [1.165, 1.54) is 4.90 Å². The van der Waals surface area contributed by atoms with Crippen LogP contribution in [0.4, 0.5) is 10.1 Å². The Morgan fingerprint density at radius 3 is 2.60 bits per heavy atom. The summed E-state index contributed by atoms with van der Waals surface area (Å²) in [7, 11) is 0. The number of nitrogens with one attached hydrogen (secondary N) is 2. The van der Waals surface area contributed by atoms with Crippen LogP contribution in [0.3, 0.4) is 0 Å². The molecule has 0 spiro atoms. The highest BCUT2D eigenvalue weighted by Gasteiger charge is 2.39. The zero-order valence-electron chi connectivity index (χ0n) is 17.4. The van der Waals surface area contributed by atoms with Gasteiger partial charge in [0.15, 0.2) is 0 Å². The fourth-order valence-corrected chi connectivity index (χ4v) is 3.79. The van der Waals surface area contributed by atoms with Gasteiger partial charge in [0.2, 0.25) is 11.8 Å². The molecule has 2 N–H and O–H groups in total. The molecule has 30 heavy (non-hydrogen) atoms. The van der Waals surface area contributed by atoms with E-state index >= 15 is 0 Å². The molecular formula is C23H26FN3O3. The van der Waals surface area contributed by atoms with Crippen LogP contribution in [-0.4, -0.2) is 28.7 Å². The van der Waals surface area contributed by atoms with Gasteiger partial charge in [0.05, 0.1) is 0 Å². The monoisotopic (exact) mass is 411 g/mol. The SMILES string of the molecule is CC.Cc1cccc(CNc2cccc3c2CN(C2CCC(=O)NC2=O)C3=O)c1F. The van der Waals surface area contributed by atoms with Gasteiger partial charge in [-0.25, -0.2) is 4.39 Å². The van der Waals surface area contributed by atoms with E-state index in [9.17, 15) is 18.8 Å².